The van der Waals surface area contributed by atoms with Gasteiger partial charge in [0.25, 0.3) is 5.91 Å². The Morgan fingerprint density at radius 2 is 1.85 bits per heavy atom. The second kappa shape index (κ2) is 7.73. The number of hydrogen-bond donors (Lipinski definition) is 1. The molecule has 1 N–H and O–H groups in total. The molecule has 0 aliphatic carbocycles. The zero-order valence-corrected chi connectivity index (χ0v) is 15.7. The maximum atomic E-state index is 12.6. The van der Waals surface area contributed by atoms with E-state index in [0.29, 0.717) is 27.3 Å². The number of benzene rings is 2. The SMILES string of the molecule is O=C(Nc1ccnn1Cc1ccccc1)c1cnc(-c2ccccc2Cl)s1. The minimum absolute atomic E-state index is 0.222. The van der Waals surface area contributed by atoms with Gasteiger partial charge in [-0.15, -0.1) is 11.3 Å². The van der Waals surface area contributed by atoms with Gasteiger partial charge in [-0.2, -0.15) is 5.10 Å². The molecule has 2 aromatic carbocycles. The Morgan fingerprint density at radius 3 is 2.67 bits per heavy atom. The second-order valence-electron chi connectivity index (χ2n) is 5.82. The van der Waals surface area contributed by atoms with Gasteiger partial charge in [0.2, 0.25) is 0 Å². The third-order valence-corrected chi connectivity index (χ3v) is 5.33. The van der Waals surface area contributed by atoms with Crippen molar-refractivity contribution >= 4 is 34.7 Å². The molecule has 27 heavy (non-hydrogen) atoms. The Bertz CT molecular complexity index is 1070. The summed E-state index contributed by atoms with van der Waals surface area (Å²) in [5, 5.41) is 8.52. The lowest BCUT2D eigenvalue weighted by molar-refractivity contribution is 0.102. The van der Waals surface area contributed by atoms with Crippen molar-refractivity contribution in [3.05, 3.63) is 88.5 Å². The van der Waals surface area contributed by atoms with E-state index in [1.165, 1.54) is 11.3 Å². The number of carbonyl (C=O) groups is 1. The van der Waals surface area contributed by atoms with Crippen LogP contribution >= 0.6 is 22.9 Å². The Balaban J connectivity index is 1.51. The summed E-state index contributed by atoms with van der Waals surface area (Å²) in [5.41, 5.74) is 1.92. The van der Waals surface area contributed by atoms with Crippen LogP contribution in [0.1, 0.15) is 15.2 Å². The highest BCUT2D eigenvalue weighted by Gasteiger charge is 2.15. The lowest BCUT2D eigenvalue weighted by Gasteiger charge is -2.08. The second-order valence-corrected chi connectivity index (χ2v) is 7.26. The zero-order valence-electron chi connectivity index (χ0n) is 14.2. The van der Waals surface area contributed by atoms with Gasteiger partial charge in [0.1, 0.15) is 15.7 Å². The smallest absolute Gasteiger partial charge is 0.268 e. The Hall–Kier alpha value is -2.96. The highest BCUT2D eigenvalue weighted by atomic mass is 35.5. The predicted molar refractivity (Wildman–Crippen MR) is 108 cm³/mol. The van der Waals surface area contributed by atoms with E-state index < -0.39 is 0 Å². The van der Waals surface area contributed by atoms with Crippen molar-refractivity contribution in [3.63, 3.8) is 0 Å². The van der Waals surface area contributed by atoms with Gasteiger partial charge in [-0.05, 0) is 11.6 Å². The van der Waals surface area contributed by atoms with Crippen molar-refractivity contribution in [2.45, 2.75) is 6.54 Å². The number of rotatable bonds is 5. The number of carbonyl (C=O) groups excluding carboxylic acids is 1. The number of amides is 1. The molecule has 0 aliphatic rings. The van der Waals surface area contributed by atoms with Gasteiger partial charge in [0.15, 0.2) is 0 Å². The van der Waals surface area contributed by atoms with Crippen molar-refractivity contribution in [1.82, 2.24) is 14.8 Å². The quantitative estimate of drug-likeness (QED) is 0.520. The molecule has 0 radical (unpaired) electrons. The van der Waals surface area contributed by atoms with Gasteiger partial charge >= 0.3 is 0 Å². The number of thiazole rings is 1. The normalized spacial score (nSPS) is 10.7. The number of nitrogens with one attached hydrogen (secondary N) is 1. The molecular formula is C20H15ClN4OS. The number of hydrogen-bond acceptors (Lipinski definition) is 4. The fourth-order valence-corrected chi connectivity index (χ4v) is 3.77. The average molecular weight is 395 g/mol. The van der Waals surface area contributed by atoms with E-state index in [1.807, 2.05) is 48.5 Å². The topological polar surface area (TPSA) is 59.8 Å². The lowest BCUT2D eigenvalue weighted by Crippen LogP contribution is -2.15. The largest absolute Gasteiger partial charge is 0.306 e. The first-order chi connectivity index (χ1) is 13.2. The third kappa shape index (κ3) is 3.92. The summed E-state index contributed by atoms with van der Waals surface area (Å²) >= 11 is 7.52. The maximum Gasteiger partial charge on any atom is 0.268 e. The van der Waals surface area contributed by atoms with Crippen LogP contribution in [0.25, 0.3) is 10.6 Å². The number of halogens is 1. The molecule has 2 aromatic heterocycles. The lowest BCUT2D eigenvalue weighted by atomic mass is 10.2. The van der Waals surface area contributed by atoms with Crippen LogP contribution in [-0.4, -0.2) is 20.7 Å². The first kappa shape index (κ1) is 17.5. The van der Waals surface area contributed by atoms with Crippen LogP contribution in [0.2, 0.25) is 5.02 Å². The Kier molecular flexibility index (Phi) is 5.00. The van der Waals surface area contributed by atoms with E-state index >= 15 is 0 Å². The Morgan fingerprint density at radius 1 is 1.07 bits per heavy atom. The average Bonchev–Trinajstić information content (AvgIpc) is 3.33. The van der Waals surface area contributed by atoms with Crippen molar-refractivity contribution in [3.8, 4) is 10.6 Å². The molecule has 0 bridgehead atoms. The minimum atomic E-state index is -0.222. The highest BCUT2D eigenvalue weighted by Crippen LogP contribution is 2.31. The van der Waals surface area contributed by atoms with Crippen LogP contribution in [-0.2, 0) is 6.54 Å². The van der Waals surface area contributed by atoms with Crippen LogP contribution in [0.4, 0.5) is 5.82 Å². The summed E-state index contributed by atoms with van der Waals surface area (Å²) in [6.07, 6.45) is 3.23. The molecule has 7 heteroatoms. The monoisotopic (exact) mass is 394 g/mol. The molecule has 134 valence electrons. The first-order valence-corrected chi connectivity index (χ1v) is 9.48. The zero-order chi connectivity index (χ0) is 18.6. The van der Waals surface area contributed by atoms with Gasteiger partial charge in [-0.3, -0.25) is 4.79 Å². The molecule has 0 fully saturated rings. The van der Waals surface area contributed by atoms with E-state index in [9.17, 15) is 4.79 Å². The van der Waals surface area contributed by atoms with Crippen molar-refractivity contribution in [2.75, 3.05) is 5.32 Å². The first-order valence-electron chi connectivity index (χ1n) is 8.28. The predicted octanol–water partition coefficient (Wildman–Crippen LogP) is 4.96. The molecule has 0 unspecified atom stereocenters. The van der Waals surface area contributed by atoms with Crippen LogP contribution in [0.3, 0.4) is 0 Å². The van der Waals surface area contributed by atoms with Crippen molar-refractivity contribution in [1.29, 1.82) is 0 Å². The van der Waals surface area contributed by atoms with Crippen LogP contribution in [0.5, 0.6) is 0 Å². The molecule has 1 amide bonds. The fourth-order valence-electron chi connectivity index (χ4n) is 2.64. The van der Waals surface area contributed by atoms with Crippen LogP contribution in [0, 0.1) is 0 Å². The van der Waals surface area contributed by atoms with Crippen molar-refractivity contribution in [2.24, 2.45) is 0 Å². The maximum absolute atomic E-state index is 12.6. The van der Waals surface area contributed by atoms with E-state index in [4.69, 9.17) is 11.6 Å². The summed E-state index contributed by atoms with van der Waals surface area (Å²) in [5.74, 6) is 0.414. The summed E-state index contributed by atoms with van der Waals surface area (Å²) < 4.78 is 1.75. The summed E-state index contributed by atoms with van der Waals surface area (Å²) in [6, 6.07) is 19.2. The standard InChI is InChI=1S/C20H15ClN4OS/c21-16-9-5-4-8-15(16)20-22-12-17(27-20)19(26)24-18-10-11-23-25(18)13-14-6-2-1-3-7-14/h1-12H,13H2,(H,24,26). The molecule has 2 heterocycles. The van der Waals surface area contributed by atoms with Gasteiger partial charge in [0, 0.05) is 11.6 Å². The highest BCUT2D eigenvalue weighted by molar-refractivity contribution is 7.17. The molecule has 0 atom stereocenters. The summed E-state index contributed by atoms with van der Waals surface area (Å²) in [6.45, 7) is 0.580. The van der Waals surface area contributed by atoms with Crippen LogP contribution in [0.15, 0.2) is 73.1 Å². The van der Waals surface area contributed by atoms with Gasteiger partial charge in [-0.1, -0.05) is 60.1 Å². The van der Waals surface area contributed by atoms with Crippen LogP contribution < -0.4 is 5.32 Å². The number of anilines is 1. The van der Waals surface area contributed by atoms with Gasteiger partial charge < -0.3 is 5.32 Å². The number of aromatic nitrogens is 3. The van der Waals surface area contributed by atoms with Crippen molar-refractivity contribution < 1.29 is 4.79 Å². The van der Waals surface area contributed by atoms with Gasteiger partial charge in [0.05, 0.1) is 24.0 Å². The fraction of sp³-hybridized carbons (Fsp3) is 0.0500. The van der Waals surface area contributed by atoms with E-state index in [0.717, 1.165) is 11.1 Å². The summed E-state index contributed by atoms with van der Waals surface area (Å²) in [4.78, 5) is 17.5. The van der Waals surface area contributed by atoms with E-state index in [2.05, 4.69) is 15.4 Å². The van der Waals surface area contributed by atoms with E-state index in [1.54, 1.807) is 29.2 Å². The molecular weight excluding hydrogens is 380 g/mol. The Labute approximate surface area is 165 Å². The molecule has 0 aliphatic heterocycles. The molecule has 0 saturated carbocycles. The van der Waals surface area contributed by atoms with Gasteiger partial charge in [-0.25, -0.2) is 9.67 Å². The molecule has 4 aromatic rings. The third-order valence-electron chi connectivity index (χ3n) is 3.97. The minimum Gasteiger partial charge on any atom is -0.306 e. The molecule has 0 saturated heterocycles. The molecule has 5 nitrogen and oxygen atoms in total. The summed E-state index contributed by atoms with van der Waals surface area (Å²) in [7, 11) is 0. The molecule has 0 spiro atoms. The molecule has 4 rings (SSSR count). The number of nitrogens with zero attached hydrogens (tertiary/aromatic N) is 3. The van der Waals surface area contributed by atoms with E-state index in [-0.39, 0.29) is 5.91 Å².